The standard InChI is InChI=1S/C33H37BrClN3O4S/c1-4-16-36(17-5-2)30(40)26-27-31(41)38(25(20-39)21-10-8-7-9-11-21)29(33(27)19-24(34)28(26)43-33)32(42)37(18-6-3)23-14-12-22(35)13-15-23/h4,6-15,24-29,39H,1,3,5,16-20H2,2H3/t24?,25-,26+,27+,28+,29?,33?/m1/s1. The number of benzene rings is 2. The first-order valence-corrected chi connectivity index (χ1v) is 16.8. The third-order valence-corrected chi connectivity index (χ3v) is 12.3. The van der Waals surface area contributed by atoms with Crippen LogP contribution in [0.5, 0.6) is 0 Å². The van der Waals surface area contributed by atoms with Gasteiger partial charge in [-0.3, -0.25) is 14.4 Å². The SMILES string of the molecule is C=CCN(CCC)C(=O)[C@H]1[C@H]2C(=O)N([C@H](CO)c3ccccc3)C(C(=O)N(CC=C)c3ccc(Cl)cc3)C23CC(Br)[C@@H]1S3. The van der Waals surface area contributed by atoms with Crippen LogP contribution in [0.25, 0.3) is 0 Å². The van der Waals surface area contributed by atoms with Gasteiger partial charge in [0.2, 0.25) is 11.8 Å². The summed E-state index contributed by atoms with van der Waals surface area (Å²) < 4.78 is -0.868. The Morgan fingerprint density at radius 1 is 1.14 bits per heavy atom. The van der Waals surface area contributed by atoms with Gasteiger partial charge in [-0.15, -0.1) is 24.9 Å². The average Bonchev–Trinajstić information content (AvgIpc) is 3.60. The van der Waals surface area contributed by atoms with E-state index in [-0.39, 0.29) is 41.0 Å². The monoisotopic (exact) mass is 685 g/mol. The molecule has 0 aliphatic carbocycles. The molecule has 1 N–H and O–H groups in total. The van der Waals surface area contributed by atoms with Gasteiger partial charge in [0, 0.05) is 40.4 Å². The molecule has 43 heavy (non-hydrogen) atoms. The number of carbonyl (C=O) groups is 3. The van der Waals surface area contributed by atoms with Crippen molar-refractivity contribution in [3.05, 3.63) is 90.5 Å². The Hall–Kier alpha value is -2.59. The number of halogens is 2. The second-order valence-corrected chi connectivity index (χ2v) is 14.5. The Balaban J connectivity index is 1.66. The molecule has 2 aromatic carbocycles. The highest BCUT2D eigenvalue weighted by Crippen LogP contribution is 2.68. The van der Waals surface area contributed by atoms with Crippen LogP contribution in [0.4, 0.5) is 5.69 Å². The van der Waals surface area contributed by atoms with E-state index in [1.807, 2.05) is 37.3 Å². The van der Waals surface area contributed by atoms with Gasteiger partial charge in [-0.1, -0.05) is 76.9 Å². The van der Waals surface area contributed by atoms with E-state index in [2.05, 4.69) is 29.1 Å². The molecule has 3 saturated heterocycles. The summed E-state index contributed by atoms with van der Waals surface area (Å²) in [5, 5.41) is 11.2. The Kier molecular flexibility index (Phi) is 9.76. The fraction of sp³-hybridized carbons (Fsp3) is 0.424. The number of alkyl halides is 1. The second kappa shape index (κ2) is 13.2. The van der Waals surface area contributed by atoms with E-state index < -0.39 is 28.7 Å². The van der Waals surface area contributed by atoms with Crippen LogP contribution >= 0.6 is 39.3 Å². The first-order chi connectivity index (χ1) is 20.7. The zero-order chi connectivity index (χ0) is 30.9. The zero-order valence-electron chi connectivity index (χ0n) is 24.1. The van der Waals surface area contributed by atoms with Crippen LogP contribution in [0, 0.1) is 11.8 Å². The molecule has 5 rings (SSSR count). The number of carbonyl (C=O) groups excluding carboxylic acids is 3. The number of thioether (sulfide) groups is 1. The number of aliphatic hydroxyl groups is 1. The van der Waals surface area contributed by atoms with Gasteiger partial charge in [0.25, 0.3) is 5.91 Å². The van der Waals surface area contributed by atoms with E-state index in [1.165, 1.54) is 0 Å². The predicted octanol–water partition coefficient (Wildman–Crippen LogP) is 5.48. The Labute approximate surface area is 271 Å². The van der Waals surface area contributed by atoms with E-state index in [0.717, 1.165) is 12.0 Å². The van der Waals surface area contributed by atoms with Crippen molar-refractivity contribution in [1.82, 2.24) is 9.80 Å². The lowest BCUT2D eigenvalue weighted by molar-refractivity contribution is -0.145. The molecule has 3 amide bonds. The lowest BCUT2D eigenvalue weighted by atomic mass is 9.70. The molecule has 3 unspecified atom stereocenters. The van der Waals surface area contributed by atoms with Crippen molar-refractivity contribution in [2.45, 2.75) is 46.7 Å². The Morgan fingerprint density at radius 2 is 1.81 bits per heavy atom. The molecule has 3 heterocycles. The number of hydrogen-bond acceptors (Lipinski definition) is 5. The van der Waals surface area contributed by atoms with Crippen molar-refractivity contribution in [1.29, 1.82) is 0 Å². The first kappa shape index (κ1) is 31.8. The summed E-state index contributed by atoms with van der Waals surface area (Å²) in [6.45, 7) is 10.5. The van der Waals surface area contributed by atoms with Gasteiger partial charge in [0.05, 0.1) is 29.2 Å². The van der Waals surface area contributed by atoms with Gasteiger partial charge in [-0.25, -0.2) is 0 Å². The lowest BCUT2D eigenvalue weighted by Gasteiger charge is -2.40. The predicted molar refractivity (Wildman–Crippen MR) is 176 cm³/mol. The number of anilines is 1. The molecule has 3 aliphatic rings. The highest BCUT2D eigenvalue weighted by molar-refractivity contribution is 9.09. The van der Waals surface area contributed by atoms with Crippen LogP contribution in [0.2, 0.25) is 5.02 Å². The molecule has 0 aromatic heterocycles. The number of aliphatic hydroxyl groups excluding tert-OH is 1. The average molecular weight is 687 g/mol. The summed E-state index contributed by atoms with van der Waals surface area (Å²) in [6, 6.07) is 14.6. The van der Waals surface area contributed by atoms with Crippen LogP contribution in [-0.4, -0.2) is 79.7 Å². The summed E-state index contributed by atoms with van der Waals surface area (Å²) in [4.78, 5) is 48.8. The minimum absolute atomic E-state index is 0.0642. The maximum Gasteiger partial charge on any atom is 0.251 e. The fourth-order valence-corrected chi connectivity index (χ4v) is 10.9. The van der Waals surface area contributed by atoms with Crippen molar-refractivity contribution >= 4 is 62.7 Å². The van der Waals surface area contributed by atoms with Crippen LogP contribution in [-0.2, 0) is 14.4 Å². The van der Waals surface area contributed by atoms with Crippen molar-refractivity contribution in [3.8, 4) is 0 Å². The molecular weight excluding hydrogens is 650 g/mol. The van der Waals surface area contributed by atoms with Crippen LogP contribution in [0.3, 0.4) is 0 Å². The van der Waals surface area contributed by atoms with E-state index in [9.17, 15) is 19.5 Å². The maximum absolute atomic E-state index is 14.9. The lowest BCUT2D eigenvalue weighted by Crippen LogP contribution is -2.56. The van der Waals surface area contributed by atoms with Gasteiger partial charge in [-0.05, 0) is 42.7 Å². The number of nitrogens with zero attached hydrogens (tertiary/aromatic N) is 3. The molecule has 228 valence electrons. The summed E-state index contributed by atoms with van der Waals surface area (Å²) in [5.41, 5.74) is 1.36. The quantitative estimate of drug-likeness (QED) is 0.236. The molecule has 0 saturated carbocycles. The van der Waals surface area contributed by atoms with Gasteiger partial charge in [0.15, 0.2) is 0 Å². The minimum Gasteiger partial charge on any atom is -0.394 e. The van der Waals surface area contributed by atoms with Crippen molar-refractivity contribution in [2.75, 3.05) is 31.1 Å². The molecule has 2 bridgehead atoms. The third-order valence-electron chi connectivity index (χ3n) is 8.81. The van der Waals surface area contributed by atoms with Crippen molar-refractivity contribution < 1.29 is 19.5 Å². The normalized spacial score (nSPS) is 28.0. The molecular formula is C33H37BrClN3O4S. The zero-order valence-corrected chi connectivity index (χ0v) is 27.3. The molecule has 3 fully saturated rings. The summed E-state index contributed by atoms with van der Waals surface area (Å²) in [6.07, 6.45) is 4.68. The number of likely N-dealkylation sites (tertiary alicyclic amines) is 1. The fourth-order valence-electron chi connectivity index (χ4n) is 7.14. The number of hydrogen-bond donors (Lipinski definition) is 1. The molecule has 1 spiro atoms. The summed E-state index contributed by atoms with van der Waals surface area (Å²) >= 11 is 11.6. The van der Waals surface area contributed by atoms with Crippen LogP contribution < -0.4 is 4.90 Å². The summed E-state index contributed by atoms with van der Waals surface area (Å²) in [5.74, 6) is -1.95. The topological polar surface area (TPSA) is 81.2 Å². The highest BCUT2D eigenvalue weighted by Gasteiger charge is 2.76. The van der Waals surface area contributed by atoms with Gasteiger partial charge in [0.1, 0.15) is 6.04 Å². The third kappa shape index (κ3) is 5.47. The highest BCUT2D eigenvalue weighted by atomic mass is 79.9. The Bertz CT molecular complexity index is 1380. The van der Waals surface area contributed by atoms with Crippen LogP contribution in [0.1, 0.15) is 31.4 Å². The number of amides is 3. The molecule has 7 nitrogen and oxygen atoms in total. The van der Waals surface area contributed by atoms with Gasteiger partial charge in [-0.2, -0.15) is 0 Å². The second-order valence-electron chi connectivity index (χ2n) is 11.3. The van der Waals surface area contributed by atoms with E-state index in [1.54, 1.807) is 62.9 Å². The van der Waals surface area contributed by atoms with Crippen molar-refractivity contribution in [2.24, 2.45) is 11.8 Å². The smallest absolute Gasteiger partial charge is 0.251 e. The van der Waals surface area contributed by atoms with Gasteiger partial charge >= 0.3 is 0 Å². The first-order valence-electron chi connectivity index (χ1n) is 14.6. The van der Waals surface area contributed by atoms with E-state index in [0.29, 0.717) is 30.2 Å². The molecule has 3 aliphatic heterocycles. The Morgan fingerprint density at radius 3 is 2.42 bits per heavy atom. The van der Waals surface area contributed by atoms with E-state index >= 15 is 0 Å². The number of rotatable bonds is 12. The largest absolute Gasteiger partial charge is 0.394 e. The minimum atomic E-state index is -0.926. The maximum atomic E-state index is 14.9. The molecule has 0 radical (unpaired) electrons. The molecule has 7 atom stereocenters. The number of fused-ring (bicyclic) bond motifs is 1. The van der Waals surface area contributed by atoms with Crippen molar-refractivity contribution in [3.63, 3.8) is 0 Å². The van der Waals surface area contributed by atoms with Crippen LogP contribution in [0.15, 0.2) is 79.9 Å². The molecule has 2 aromatic rings. The van der Waals surface area contributed by atoms with E-state index in [4.69, 9.17) is 11.6 Å². The summed E-state index contributed by atoms with van der Waals surface area (Å²) in [7, 11) is 0. The van der Waals surface area contributed by atoms with Gasteiger partial charge < -0.3 is 19.8 Å². The molecule has 10 heteroatoms.